The number of nitrogens with zero attached hydrogens (tertiary/aromatic N) is 2. The van der Waals surface area contributed by atoms with Gasteiger partial charge in [-0.2, -0.15) is 0 Å². The van der Waals surface area contributed by atoms with Crippen molar-refractivity contribution < 1.29 is 18.7 Å². The van der Waals surface area contributed by atoms with Crippen LogP contribution in [0.2, 0.25) is 0 Å². The average molecular weight is 477 g/mol. The Morgan fingerprint density at radius 2 is 1.85 bits per heavy atom. The van der Waals surface area contributed by atoms with Gasteiger partial charge in [0.15, 0.2) is 11.5 Å². The maximum Gasteiger partial charge on any atom is 0.257 e. The van der Waals surface area contributed by atoms with Crippen LogP contribution < -0.4 is 9.47 Å². The first-order valence-electron chi connectivity index (χ1n) is 10.9. The molecule has 0 aliphatic rings. The molecule has 0 aliphatic carbocycles. The molecule has 0 aliphatic heterocycles. The van der Waals surface area contributed by atoms with E-state index in [4.69, 9.17) is 9.47 Å². The lowest BCUT2D eigenvalue weighted by atomic mass is 10.1. The van der Waals surface area contributed by atoms with Crippen molar-refractivity contribution in [2.45, 2.75) is 19.5 Å². The van der Waals surface area contributed by atoms with Gasteiger partial charge in [0.05, 0.1) is 31.5 Å². The molecule has 2 heterocycles. The van der Waals surface area contributed by atoms with Crippen molar-refractivity contribution >= 4 is 17.2 Å². The van der Waals surface area contributed by atoms with Gasteiger partial charge in [-0.25, -0.2) is 4.39 Å². The van der Waals surface area contributed by atoms with E-state index in [0.29, 0.717) is 23.8 Å². The summed E-state index contributed by atoms with van der Waals surface area (Å²) in [4.78, 5) is 20.4. The lowest BCUT2D eigenvalue weighted by Gasteiger charge is -2.23. The Morgan fingerprint density at radius 3 is 2.59 bits per heavy atom. The van der Waals surface area contributed by atoms with E-state index in [2.05, 4.69) is 11.1 Å². The third-order valence-electron chi connectivity index (χ3n) is 5.26. The Hall–Kier alpha value is -3.71. The topological polar surface area (TPSA) is 51.7 Å². The van der Waals surface area contributed by atoms with E-state index in [9.17, 15) is 9.18 Å². The summed E-state index contributed by atoms with van der Waals surface area (Å²) in [6.45, 7) is 1.04. The zero-order valence-electron chi connectivity index (χ0n) is 18.8. The van der Waals surface area contributed by atoms with E-state index in [1.807, 2.05) is 47.8 Å². The molecule has 0 saturated heterocycles. The molecule has 5 nitrogen and oxygen atoms in total. The summed E-state index contributed by atoms with van der Waals surface area (Å²) in [5.41, 5.74) is 1.58. The number of ether oxygens (including phenoxy) is 2. The number of hydrogen-bond donors (Lipinski definition) is 0. The summed E-state index contributed by atoms with van der Waals surface area (Å²) in [7, 11) is 1.58. The molecule has 34 heavy (non-hydrogen) atoms. The van der Waals surface area contributed by atoms with E-state index in [0.717, 1.165) is 12.0 Å². The van der Waals surface area contributed by atoms with Gasteiger partial charge in [-0.3, -0.25) is 9.78 Å². The first kappa shape index (κ1) is 23.4. The highest BCUT2D eigenvalue weighted by molar-refractivity contribution is 7.09. The van der Waals surface area contributed by atoms with Crippen molar-refractivity contribution in [3.63, 3.8) is 0 Å². The van der Waals surface area contributed by atoms with Crippen molar-refractivity contribution in [2.75, 3.05) is 13.7 Å². The van der Waals surface area contributed by atoms with Crippen LogP contribution in [-0.2, 0) is 19.5 Å². The van der Waals surface area contributed by atoms with Crippen molar-refractivity contribution in [1.82, 2.24) is 9.88 Å². The molecular weight excluding hydrogens is 451 g/mol. The van der Waals surface area contributed by atoms with Crippen LogP contribution in [0, 0.1) is 5.82 Å². The van der Waals surface area contributed by atoms with Crippen molar-refractivity contribution in [1.29, 1.82) is 0 Å². The Morgan fingerprint density at radius 1 is 1.00 bits per heavy atom. The molecule has 4 aromatic rings. The fraction of sp³-hybridized carbons (Fsp3) is 0.185. The number of amides is 1. The molecule has 2 aromatic heterocycles. The molecule has 0 unspecified atom stereocenters. The predicted molar refractivity (Wildman–Crippen MR) is 131 cm³/mol. The van der Waals surface area contributed by atoms with E-state index in [1.165, 1.54) is 17.0 Å². The minimum absolute atomic E-state index is 0.0268. The summed E-state index contributed by atoms with van der Waals surface area (Å²) in [5.74, 6) is 0.268. The van der Waals surface area contributed by atoms with Crippen molar-refractivity contribution in [3.05, 3.63) is 112 Å². The first-order valence-corrected chi connectivity index (χ1v) is 11.8. The van der Waals surface area contributed by atoms with Gasteiger partial charge in [0.25, 0.3) is 5.91 Å². The summed E-state index contributed by atoms with van der Waals surface area (Å²) >= 11 is 1.70. The highest BCUT2D eigenvalue weighted by Crippen LogP contribution is 2.29. The molecule has 0 N–H and O–H groups in total. The molecule has 0 spiro atoms. The Bertz CT molecular complexity index is 1220. The second kappa shape index (κ2) is 11.4. The smallest absolute Gasteiger partial charge is 0.257 e. The summed E-state index contributed by atoms with van der Waals surface area (Å²) in [6.07, 6.45) is 2.49. The molecule has 0 bridgehead atoms. The Kier molecular flexibility index (Phi) is 7.88. The van der Waals surface area contributed by atoms with Crippen LogP contribution >= 0.6 is 11.3 Å². The SMILES string of the molecule is COc1cc(CN(Cc2ccccn2)C(=O)c2ccccc2F)ccc1OCCc1cccs1. The fourth-order valence-electron chi connectivity index (χ4n) is 3.56. The molecule has 0 radical (unpaired) electrons. The number of thiophene rings is 1. The molecule has 174 valence electrons. The lowest BCUT2D eigenvalue weighted by Crippen LogP contribution is -2.31. The molecule has 1 amide bonds. The molecule has 0 atom stereocenters. The molecular formula is C27H25FN2O3S. The van der Waals surface area contributed by atoms with Crippen LogP contribution in [-0.4, -0.2) is 29.5 Å². The van der Waals surface area contributed by atoms with Gasteiger partial charge in [0, 0.05) is 24.0 Å². The minimum Gasteiger partial charge on any atom is -0.493 e. The van der Waals surface area contributed by atoms with Gasteiger partial charge >= 0.3 is 0 Å². The predicted octanol–water partition coefficient (Wildman–Crippen LogP) is 5.75. The monoisotopic (exact) mass is 476 g/mol. The van der Waals surface area contributed by atoms with Crippen molar-refractivity contribution in [3.8, 4) is 11.5 Å². The summed E-state index contributed by atoms with van der Waals surface area (Å²) in [5, 5.41) is 2.05. The van der Waals surface area contributed by atoms with Gasteiger partial charge < -0.3 is 14.4 Å². The second-order valence-corrected chi connectivity index (χ2v) is 8.66. The van der Waals surface area contributed by atoms with Gasteiger partial charge in [0.1, 0.15) is 5.82 Å². The minimum atomic E-state index is -0.550. The third kappa shape index (κ3) is 5.99. The summed E-state index contributed by atoms with van der Waals surface area (Å²) < 4.78 is 25.8. The number of benzene rings is 2. The number of pyridine rings is 1. The van der Waals surface area contributed by atoms with Crippen LogP contribution in [0.1, 0.15) is 26.5 Å². The van der Waals surface area contributed by atoms with Gasteiger partial charge in [-0.05, 0) is 53.4 Å². The number of methoxy groups -OCH3 is 1. The number of halogens is 1. The highest BCUT2D eigenvalue weighted by atomic mass is 32.1. The molecule has 4 rings (SSSR count). The lowest BCUT2D eigenvalue weighted by molar-refractivity contribution is 0.0723. The maximum absolute atomic E-state index is 14.4. The van der Waals surface area contributed by atoms with Crippen LogP contribution in [0.25, 0.3) is 0 Å². The van der Waals surface area contributed by atoms with Gasteiger partial charge in [-0.1, -0.05) is 30.3 Å². The third-order valence-corrected chi connectivity index (χ3v) is 6.19. The first-order chi connectivity index (χ1) is 16.6. The maximum atomic E-state index is 14.4. The number of rotatable bonds is 10. The zero-order valence-corrected chi connectivity index (χ0v) is 19.6. The van der Waals surface area contributed by atoms with E-state index < -0.39 is 11.7 Å². The standard InChI is InChI=1S/C27H25FN2O3S/c1-32-26-17-20(11-12-25(26)33-15-13-22-8-6-16-34-22)18-30(19-21-7-4-5-14-29-21)27(31)23-9-2-3-10-24(23)28/h2-12,14,16-17H,13,15,18-19H2,1H3. The quantitative estimate of drug-likeness (QED) is 0.292. The summed E-state index contributed by atoms with van der Waals surface area (Å²) in [6, 6.07) is 21.2. The van der Waals surface area contributed by atoms with Crippen LogP contribution in [0.5, 0.6) is 11.5 Å². The Labute approximate surface area is 202 Å². The number of hydrogen-bond acceptors (Lipinski definition) is 5. The van der Waals surface area contributed by atoms with Crippen LogP contribution in [0.4, 0.5) is 4.39 Å². The van der Waals surface area contributed by atoms with Gasteiger partial charge in [0.2, 0.25) is 0 Å². The second-order valence-electron chi connectivity index (χ2n) is 7.63. The van der Waals surface area contributed by atoms with E-state index in [1.54, 1.807) is 41.7 Å². The normalized spacial score (nSPS) is 10.6. The largest absolute Gasteiger partial charge is 0.493 e. The number of aromatic nitrogens is 1. The number of carbonyl (C=O) groups excluding carboxylic acids is 1. The van der Waals surface area contributed by atoms with Crippen LogP contribution in [0.3, 0.4) is 0 Å². The molecule has 2 aromatic carbocycles. The van der Waals surface area contributed by atoms with E-state index in [-0.39, 0.29) is 18.7 Å². The highest BCUT2D eigenvalue weighted by Gasteiger charge is 2.21. The van der Waals surface area contributed by atoms with E-state index >= 15 is 0 Å². The zero-order chi connectivity index (χ0) is 23.8. The molecule has 7 heteroatoms. The molecule has 0 fully saturated rings. The van der Waals surface area contributed by atoms with Crippen molar-refractivity contribution in [2.24, 2.45) is 0 Å². The molecule has 0 saturated carbocycles. The number of carbonyl (C=O) groups is 1. The Balaban J connectivity index is 1.52. The van der Waals surface area contributed by atoms with Crippen LogP contribution in [0.15, 0.2) is 84.4 Å². The fourth-order valence-corrected chi connectivity index (χ4v) is 4.25. The van der Waals surface area contributed by atoms with Gasteiger partial charge in [-0.15, -0.1) is 11.3 Å². The average Bonchev–Trinajstić information content (AvgIpc) is 3.38.